The van der Waals surface area contributed by atoms with Crippen LogP contribution in [0.5, 0.6) is 11.5 Å². The molecular weight excluding hydrogens is 292 g/mol. The summed E-state index contributed by atoms with van der Waals surface area (Å²) in [5.41, 5.74) is 0. The summed E-state index contributed by atoms with van der Waals surface area (Å²) >= 11 is 0. The minimum atomic E-state index is 0.249. The molecule has 1 unspecified atom stereocenters. The highest BCUT2D eigenvalue weighted by atomic mass is 16.5. The molecule has 1 aliphatic rings. The first-order chi connectivity index (χ1) is 11.2. The van der Waals surface area contributed by atoms with Crippen molar-refractivity contribution in [1.82, 2.24) is 10.2 Å². The molecule has 1 aromatic carbocycles. The Bertz CT molecular complexity index is 476. The Morgan fingerprint density at radius 2 is 1.96 bits per heavy atom. The van der Waals surface area contributed by atoms with E-state index in [1.807, 2.05) is 43.1 Å². The van der Waals surface area contributed by atoms with Gasteiger partial charge in [-0.15, -0.1) is 0 Å². The quantitative estimate of drug-likeness (QED) is 0.710. The number of hydrogen-bond donors (Lipinski definition) is 1. The summed E-state index contributed by atoms with van der Waals surface area (Å²) in [5, 5.41) is 3.18. The van der Waals surface area contributed by atoms with E-state index >= 15 is 0 Å². The molecule has 1 aliphatic heterocycles. The third-order valence-corrected chi connectivity index (χ3v) is 4.07. The number of nitrogens with zero attached hydrogens (tertiary/aromatic N) is 1. The number of rotatable bonds is 9. The van der Waals surface area contributed by atoms with E-state index in [0.29, 0.717) is 25.6 Å². The first-order valence-corrected chi connectivity index (χ1v) is 8.51. The van der Waals surface area contributed by atoms with E-state index in [0.717, 1.165) is 44.0 Å². The molecule has 0 bridgehead atoms. The number of amides is 1. The van der Waals surface area contributed by atoms with Crippen LogP contribution in [0.3, 0.4) is 0 Å². The van der Waals surface area contributed by atoms with E-state index < -0.39 is 0 Å². The van der Waals surface area contributed by atoms with Crippen LogP contribution in [-0.4, -0.2) is 50.7 Å². The normalized spacial score (nSPS) is 17.3. The van der Waals surface area contributed by atoms with Gasteiger partial charge in [0.1, 0.15) is 11.5 Å². The van der Waals surface area contributed by atoms with Crippen LogP contribution in [-0.2, 0) is 4.79 Å². The van der Waals surface area contributed by atoms with E-state index in [4.69, 9.17) is 9.47 Å². The van der Waals surface area contributed by atoms with Crippen molar-refractivity contribution in [2.45, 2.75) is 26.2 Å². The van der Waals surface area contributed by atoms with E-state index in [1.54, 1.807) is 0 Å². The van der Waals surface area contributed by atoms with Gasteiger partial charge >= 0.3 is 0 Å². The van der Waals surface area contributed by atoms with Gasteiger partial charge in [-0.1, -0.05) is 0 Å². The molecule has 1 aromatic rings. The summed E-state index contributed by atoms with van der Waals surface area (Å²) in [6, 6.07) is 7.59. The zero-order valence-electron chi connectivity index (χ0n) is 14.2. The van der Waals surface area contributed by atoms with Crippen molar-refractivity contribution >= 4 is 5.91 Å². The second kappa shape index (κ2) is 9.40. The van der Waals surface area contributed by atoms with Gasteiger partial charge in [-0.2, -0.15) is 0 Å². The molecule has 0 saturated carbocycles. The Morgan fingerprint density at radius 3 is 2.61 bits per heavy atom. The standard InChI is InChI=1S/C18H28N2O3/c1-3-22-16-6-8-17(9-7-16)23-12-4-5-18(21)20-11-10-15(14-20)13-19-2/h6-9,15,19H,3-5,10-14H2,1-2H3. The molecule has 5 nitrogen and oxygen atoms in total. The summed E-state index contributed by atoms with van der Waals surface area (Å²) in [6.07, 6.45) is 2.41. The molecule has 0 spiro atoms. The fourth-order valence-corrected chi connectivity index (χ4v) is 2.88. The molecule has 1 saturated heterocycles. The SMILES string of the molecule is CCOc1ccc(OCCCC(=O)N2CCC(CNC)C2)cc1. The maximum Gasteiger partial charge on any atom is 0.222 e. The van der Waals surface area contributed by atoms with Crippen LogP contribution in [0.25, 0.3) is 0 Å². The van der Waals surface area contributed by atoms with Crippen molar-refractivity contribution < 1.29 is 14.3 Å². The molecule has 0 radical (unpaired) electrons. The zero-order valence-corrected chi connectivity index (χ0v) is 14.2. The van der Waals surface area contributed by atoms with E-state index in [1.165, 1.54) is 0 Å². The third kappa shape index (κ3) is 5.75. The monoisotopic (exact) mass is 320 g/mol. The number of likely N-dealkylation sites (tertiary alicyclic amines) is 1. The summed E-state index contributed by atoms with van der Waals surface area (Å²) in [7, 11) is 1.96. The molecule has 1 amide bonds. The average Bonchev–Trinajstić information content (AvgIpc) is 3.02. The van der Waals surface area contributed by atoms with Crippen LogP contribution in [0.2, 0.25) is 0 Å². The topological polar surface area (TPSA) is 50.8 Å². The van der Waals surface area contributed by atoms with Crippen LogP contribution in [0.15, 0.2) is 24.3 Å². The number of carbonyl (C=O) groups excluding carboxylic acids is 1. The summed E-state index contributed by atoms with van der Waals surface area (Å²) in [5.74, 6) is 2.51. The van der Waals surface area contributed by atoms with Gasteiger partial charge in [0.25, 0.3) is 0 Å². The molecule has 23 heavy (non-hydrogen) atoms. The maximum absolute atomic E-state index is 12.2. The lowest BCUT2D eigenvalue weighted by Gasteiger charge is -2.16. The molecule has 2 rings (SSSR count). The van der Waals surface area contributed by atoms with Crippen molar-refractivity contribution in [2.75, 3.05) is 39.9 Å². The molecule has 1 fully saturated rings. The molecule has 1 N–H and O–H groups in total. The number of carbonyl (C=O) groups is 1. The highest BCUT2D eigenvalue weighted by Crippen LogP contribution is 2.19. The maximum atomic E-state index is 12.2. The number of nitrogens with one attached hydrogen (secondary N) is 1. The number of hydrogen-bond acceptors (Lipinski definition) is 4. The Hall–Kier alpha value is -1.75. The lowest BCUT2D eigenvalue weighted by molar-refractivity contribution is -0.130. The first-order valence-electron chi connectivity index (χ1n) is 8.51. The van der Waals surface area contributed by atoms with Gasteiger partial charge in [0, 0.05) is 19.5 Å². The number of benzene rings is 1. The fraction of sp³-hybridized carbons (Fsp3) is 0.611. The Balaban J connectivity index is 1.62. The molecule has 1 heterocycles. The van der Waals surface area contributed by atoms with Crippen LogP contribution < -0.4 is 14.8 Å². The molecule has 0 aliphatic carbocycles. The molecule has 0 aromatic heterocycles. The average molecular weight is 320 g/mol. The van der Waals surface area contributed by atoms with E-state index in [-0.39, 0.29) is 5.91 Å². The van der Waals surface area contributed by atoms with Crippen molar-refractivity contribution in [1.29, 1.82) is 0 Å². The van der Waals surface area contributed by atoms with E-state index in [9.17, 15) is 4.79 Å². The predicted octanol–water partition coefficient (Wildman–Crippen LogP) is 2.31. The summed E-state index contributed by atoms with van der Waals surface area (Å²) < 4.78 is 11.1. The fourth-order valence-electron chi connectivity index (χ4n) is 2.88. The lowest BCUT2D eigenvalue weighted by Crippen LogP contribution is -2.30. The minimum absolute atomic E-state index is 0.249. The second-order valence-corrected chi connectivity index (χ2v) is 5.91. The van der Waals surface area contributed by atoms with Gasteiger partial charge in [0.15, 0.2) is 0 Å². The molecule has 128 valence electrons. The molecule has 1 atom stereocenters. The van der Waals surface area contributed by atoms with Gasteiger partial charge in [0.05, 0.1) is 13.2 Å². The van der Waals surface area contributed by atoms with Gasteiger partial charge < -0.3 is 19.7 Å². The van der Waals surface area contributed by atoms with Gasteiger partial charge in [0.2, 0.25) is 5.91 Å². The van der Waals surface area contributed by atoms with Crippen molar-refractivity contribution in [3.8, 4) is 11.5 Å². The van der Waals surface area contributed by atoms with Crippen LogP contribution in [0.4, 0.5) is 0 Å². The molecular formula is C18H28N2O3. The smallest absolute Gasteiger partial charge is 0.222 e. The Morgan fingerprint density at radius 1 is 1.26 bits per heavy atom. The van der Waals surface area contributed by atoms with Crippen LogP contribution in [0, 0.1) is 5.92 Å². The lowest BCUT2D eigenvalue weighted by atomic mass is 10.1. The van der Waals surface area contributed by atoms with Crippen LogP contribution in [0.1, 0.15) is 26.2 Å². The summed E-state index contributed by atoms with van der Waals surface area (Å²) in [4.78, 5) is 14.1. The highest BCUT2D eigenvalue weighted by molar-refractivity contribution is 5.76. The largest absolute Gasteiger partial charge is 0.494 e. The number of ether oxygens (including phenoxy) is 2. The van der Waals surface area contributed by atoms with Crippen molar-refractivity contribution in [3.05, 3.63) is 24.3 Å². The molecule has 5 heteroatoms. The van der Waals surface area contributed by atoms with Gasteiger partial charge in [-0.3, -0.25) is 4.79 Å². The van der Waals surface area contributed by atoms with Crippen molar-refractivity contribution in [2.24, 2.45) is 5.92 Å². The van der Waals surface area contributed by atoms with Crippen LogP contribution >= 0.6 is 0 Å². The Kier molecular flexibility index (Phi) is 7.20. The van der Waals surface area contributed by atoms with Gasteiger partial charge in [-0.05, 0) is 63.5 Å². The third-order valence-electron chi connectivity index (χ3n) is 4.07. The van der Waals surface area contributed by atoms with Crippen molar-refractivity contribution in [3.63, 3.8) is 0 Å². The predicted molar refractivity (Wildman–Crippen MR) is 91.0 cm³/mol. The van der Waals surface area contributed by atoms with E-state index in [2.05, 4.69) is 5.32 Å². The highest BCUT2D eigenvalue weighted by Gasteiger charge is 2.25. The zero-order chi connectivity index (χ0) is 16.5. The minimum Gasteiger partial charge on any atom is -0.494 e. The Labute approximate surface area is 139 Å². The van der Waals surface area contributed by atoms with Gasteiger partial charge in [-0.25, -0.2) is 0 Å². The second-order valence-electron chi connectivity index (χ2n) is 5.91. The summed E-state index contributed by atoms with van der Waals surface area (Å²) in [6.45, 7) is 5.96. The first kappa shape index (κ1) is 17.6.